The number of H-pyrrole nitrogens is 1. The van der Waals surface area contributed by atoms with E-state index in [1.165, 1.54) is 6.33 Å². The summed E-state index contributed by atoms with van der Waals surface area (Å²) < 4.78 is 0. The molecule has 13 heavy (non-hydrogen) atoms. The number of nitrogens with one attached hydrogen (secondary N) is 3. The van der Waals surface area contributed by atoms with Crippen molar-refractivity contribution < 1.29 is 0 Å². The van der Waals surface area contributed by atoms with Gasteiger partial charge >= 0.3 is 0 Å². The number of rotatable bonds is 0. The lowest BCUT2D eigenvalue weighted by Gasteiger charge is -2.29. The molecular formula is C8H12N4O. The number of hydrogen-bond acceptors (Lipinski definition) is 4. The lowest BCUT2D eigenvalue weighted by atomic mass is 10.1. The van der Waals surface area contributed by atoms with Crippen LogP contribution < -0.4 is 16.2 Å². The highest BCUT2D eigenvalue weighted by atomic mass is 16.1. The highest BCUT2D eigenvalue weighted by Gasteiger charge is 2.22. The number of nitrogens with zero attached hydrogens (tertiary/aromatic N) is 1. The molecule has 1 aliphatic rings. The Hall–Kier alpha value is -1.52. The van der Waals surface area contributed by atoms with Gasteiger partial charge in [-0.3, -0.25) is 4.79 Å². The second-order valence-corrected chi connectivity index (χ2v) is 3.32. The van der Waals surface area contributed by atoms with Crippen LogP contribution in [-0.2, 0) is 0 Å². The van der Waals surface area contributed by atoms with Crippen LogP contribution in [0.15, 0.2) is 11.1 Å². The summed E-state index contributed by atoms with van der Waals surface area (Å²) >= 11 is 0. The van der Waals surface area contributed by atoms with Gasteiger partial charge in [0.15, 0.2) is 5.82 Å². The normalized spacial score (nSPS) is 25.7. The van der Waals surface area contributed by atoms with Gasteiger partial charge in [0.2, 0.25) is 0 Å². The van der Waals surface area contributed by atoms with Gasteiger partial charge in [0.1, 0.15) is 5.69 Å². The molecule has 0 amide bonds. The van der Waals surface area contributed by atoms with Gasteiger partial charge in [-0.1, -0.05) is 0 Å². The van der Waals surface area contributed by atoms with Crippen LogP contribution >= 0.6 is 0 Å². The largest absolute Gasteiger partial charge is 0.373 e. The molecule has 1 aliphatic heterocycles. The van der Waals surface area contributed by atoms with Crippen molar-refractivity contribution in [2.24, 2.45) is 0 Å². The summed E-state index contributed by atoms with van der Waals surface area (Å²) in [5, 5.41) is 6.27. The zero-order valence-electron chi connectivity index (χ0n) is 7.59. The van der Waals surface area contributed by atoms with Gasteiger partial charge in [0, 0.05) is 12.1 Å². The van der Waals surface area contributed by atoms with E-state index in [-0.39, 0.29) is 17.6 Å². The summed E-state index contributed by atoms with van der Waals surface area (Å²) in [4.78, 5) is 17.9. The van der Waals surface area contributed by atoms with Crippen molar-refractivity contribution in [1.29, 1.82) is 0 Å². The molecule has 2 heterocycles. The molecule has 0 bridgehead atoms. The Morgan fingerprint density at radius 1 is 1.31 bits per heavy atom. The maximum atomic E-state index is 11.3. The number of aromatic amines is 1. The molecule has 0 spiro atoms. The van der Waals surface area contributed by atoms with Crippen molar-refractivity contribution in [3.8, 4) is 0 Å². The second-order valence-electron chi connectivity index (χ2n) is 3.32. The van der Waals surface area contributed by atoms with E-state index in [9.17, 15) is 4.79 Å². The Kier molecular flexibility index (Phi) is 1.72. The van der Waals surface area contributed by atoms with Crippen molar-refractivity contribution in [3.63, 3.8) is 0 Å². The van der Waals surface area contributed by atoms with Crippen LogP contribution in [0.25, 0.3) is 0 Å². The molecule has 2 atom stereocenters. The third kappa shape index (κ3) is 1.26. The highest BCUT2D eigenvalue weighted by Crippen LogP contribution is 2.21. The fourth-order valence-corrected chi connectivity index (χ4v) is 1.34. The maximum absolute atomic E-state index is 11.3. The lowest BCUT2D eigenvalue weighted by Crippen LogP contribution is -2.41. The summed E-state index contributed by atoms with van der Waals surface area (Å²) in [6.07, 6.45) is 1.40. The molecule has 0 saturated carbocycles. The van der Waals surface area contributed by atoms with Gasteiger partial charge in [0.05, 0.1) is 6.33 Å². The molecule has 70 valence electrons. The first-order valence-corrected chi connectivity index (χ1v) is 4.29. The predicted octanol–water partition coefficient (Wildman–Crippen LogP) is 0.384. The van der Waals surface area contributed by atoms with E-state index in [1.807, 2.05) is 13.8 Å². The van der Waals surface area contributed by atoms with Crippen molar-refractivity contribution in [3.05, 3.63) is 16.7 Å². The number of anilines is 2. The SMILES string of the molecule is CC1Nc2nc[nH]c(=O)c2NC1C. The van der Waals surface area contributed by atoms with Gasteiger partial charge in [-0.15, -0.1) is 0 Å². The first-order chi connectivity index (χ1) is 6.18. The monoisotopic (exact) mass is 180 g/mol. The van der Waals surface area contributed by atoms with Crippen LogP contribution in [0, 0.1) is 0 Å². The Morgan fingerprint density at radius 2 is 2.00 bits per heavy atom. The van der Waals surface area contributed by atoms with Gasteiger partial charge in [-0.2, -0.15) is 0 Å². The van der Waals surface area contributed by atoms with Crippen molar-refractivity contribution in [2.75, 3.05) is 10.6 Å². The minimum Gasteiger partial charge on any atom is -0.373 e. The van der Waals surface area contributed by atoms with Gasteiger partial charge in [-0.05, 0) is 13.8 Å². The summed E-state index contributed by atoms with van der Waals surface area (Å²) in [7, 11) is 0. The average Bonchev–Trinajstić information content (AvgIpc) is 2.09. The van der Waals surface area contributed by atoms with Crippen LogP contribution in [0.2, 0.25) is 0 Å². The minimum atomic E-state index is -0.128. The van der Waals surface area contributed by atoms with Crippen LogP contribution in [0.1, 0.15) is 13.8 Å². The average molecular weight is 180 g/mol. The Balaban J connectivity index is 2.48. The third-order valence-electron chi connectivity index (χ3n) is 2.34. The summed E-state index contributed by atoms with van der Waals surface area (Å²) in [5.41, 5.74) is 0.407. The standard InChI is InChI=1S/C8H12N4O/c1-4-5(2)12-7-6(11-4)8(13)10-3-9-7/h3-5,11H,1-2H3,(H2,9,10,12,13). The molecule has 0 radical (unpaired) electrons. The summed E-state index contributed by atoms with van der Waals surface area (Å²) in [6.45, 7) is 4.07. The smallest absolute Gasteiger partial charge is 0.276 e. The fraction of sp³-hybridized carbons (Fsp3) is 0.500. The Bertz CT molecular complexity index is 373. The second kappa shape index (κ2) is 2.76. The highest BCUT2D eigenvalue weighted by molar-refractivity contribution is 5.66. The minimum absolute atomic E-state index is 0.128. The van der Waals surface area contributed by atoms with E-state index >= 15 is 0 Å². The van der Waals surface area contributed by atoms with Crippen LogP contribution in [0.5, 0.6) is 0 Å². The number of fused-ring (bicyclic) bond motifs is 1. The van der Waals surface area contributed by atoms with E-state index in [0.717, 1.165) is 0 Å². The first kappa shape index (κ1) is 8.10. The molecule has 1 aromatic rings. The predicted molar refractivity (Wildman–Crippen MR) is 51.0 cm³/mol. The summed E-state index contributed by atoms with van der Waals surface area (Å²) in [6, 6.07) is 0.514. The maximum Gasteiger partial charge on any atom is 0.276 e. The van der Waals surface area contributed by atoms with E-state index in [1.54, 1.807) is 0 Å². The third-order valence-corrected chi connectivity index (χ3v) is 2.34. The number of hydrogen-bond donors (Lipinski definition) is 3. The zero-order valence-corrected chi connectivity index (χ0v) is 7.59. The molecule has 2 unspecified atom stereocenters. The van der Waals surface area contributed by atoms with Crippen LogP contribution in [0.3, 0.4) is 0 Å². The fourth-order valence-electron chi connectivity index (χ4n) is 1.34. The topological polar surface area (TPSA) is 69.8 Å². The van der Waals surface area contributed by atoms with Crippen molar-refractivity contribution in [2.45, 2.75) is 25.9 Å². The van der Waals surface area contributed by atoms with Crippen LogP contribution in [0.4, 0.5) is 11.5 Å². The molecule has 0 fully saturated rings. The van der Waals surface area contributed by atoms with E-state index in [2.05, 4.69) is 20.6 Å². The van der Waals surface area contributed by atoms with Crippen LogP contribution in [-0.4, -0.2) is 22.1 Å². The molecule has 0 aliphatic carbocycles. The Morgan fingerprint density at radius 3 is 2.77 bits per heavy atom. The van der Waals surface area contributed by atoms with E-state index < -0.39 is 0 Å². The van der Waals surface area contributed by atoms with Gasteiger partial charge in [0.25, 0.3) is 5.56 Å². The molecular weight excluding hydrogens is 168 g/mol. The van der Waals surface area contributed by atoms with Gasteiger partial charge < -0.3 is 15.6 Å². The van der Waals surface area contributed by atoms with Crippen molar-refractivity contribution in [1.82, 2.24) is 9.97 Å². The van der Waals surface area contributed by atoms with Crippen molar-refractivity contribution >= 4 is 11.5 Å². The molecule has 0 saturated heterocycles. The zero-order chi connectivity index (χ0) is 9.42. The number of aromatic nitrogens is 2. The lowest BCUT2D eigenvalue weighted by molar-refractivity contribution is 0.655. The van der Waals surface area contributed by atoms with Gasteiger partial charge in [-0.25, -0.2) is 4.98 Å². The molecule has 5 nitrogen and oxygen atoms in total. The summed E-state index contributed by atoms with van der Waals surface area (Å²) in [5.74, 6) is 0.634. The molecule has 0 aromatic carbocycles. The molecule has 3 N–H and O–H groups in total. The van der Waals surface area contributed by atoms with E-state index in [0.29, 0.717) is 11.5 Å². The molecule has 1 aromatic heterocycles. The van der Waals surface area contributed by atoms with E-state index in [4.69, 9.17) is 0 Å². The first-order valence-electron chi connectivity index (χ1n) is 4.29. The molecule has 5 heteroatoms. The molecule has 2 rings (SSSR count). The Labute approximate surface area is 75.6 Å². The quantitative estimate of drug-likeness (QED) is 0.540.